The molecule has 4 fully saturated rings. The first-order valence-corrected chi connectivity index (χ1v) is 8.86. The third-order valence-electron chi connectivity index (χ3n) is 6.37. The number of nitrogens with one attached hydrogen (secondary N) is 1. The van der Waals surface area contributed by atoms with Gasteiger partial charge in [-0.1, -0.05) is 30.3 Å². The monoisotopic (exact) mass is 314 g/mol. The van der Waals surface area contributed by atoms with E-state index in [1.54, 1.807) is 0 Å². The van der Waals surface area contributed by atoms with Gasteiger partial charge in [0.2, 0.25) is 0 Å². The molecule has 4 aliphatic rings. The van der Waals surface area contributed by atoms with E-state index in [0.717, 1.165) is 42.6 Å². The van der Waals surface area contributed by atoms with Crippen LogP contribution in [0.4, 0.5) is 0 Å². The van der Waals surface area contributed by atoms with Crippen LogP contribution in [-0.4, -0.2) is 28.7 Å². The van der Waals surface area contributed by atoms with Crippen molar-refractivity contribution in [2.75, 3.05) is 7.05 Å². The van der Waals surface area contributed by atoms with Gasteiger partial charge >= 0.3 is 5.97 Å². The molecule has 0 aliphatic heterocycles. The molecule has 1 atom stereocenters. The summed E-state index contributed by atoms with van der Waals surface area (Å²) < 4.78 is 0. The molecule has 4 aliphatic carbocycles. The molecule has 4 bridgehead atoms. The van der Waals surface area contributed by atoms with Gasteiger partial charge in [-0.05, 0) is 68.9 Å². The van der Waals surface area contributed by atoms with Gasteiger partial charge in [0, 0.05) is 5.54 Å². The average molecular weight is 314 g/mol. The minimum absolute atomic E-state index is 0.0163. The van der Waals surface area contributed by atoms with Crippen molar-refractivity contribution < 1.29 is 9.90 Å². The molecular formula is C19H26N2O2. The van der Waals surface area contributed by atoms with Gasteiger partial charge in [0.15, 0.2) is 0 Å². The van der Waals surface area contributed by atoms with E-state index in [4.69, 9.17) is 0 Å². The molecule has 4 heteroatoms. The highest BCUT2D eigenvalue weighted by Gasteiger charge is 2.55. The van der Waals surface area contributed by atoms with Crippen LogP contribution in [0.1, 0.15) is 50.1 Å². The summed E-state index contributed by atoms with van der Waals surface area (Å²) in [5.41, 5.74) is 4.17. The Kier molecular flexibility index (Phi) is 3.69. The molecule has 1 aromatic carbocycles. The first kappa shape index (κ1) is 15.2. The summed E-state index contributed by atoms with van der Waals surface area (Å²) in [6, 6.07) is 9.05. The second-order valence-electron chi connectivity index (χ2n) is 7.89. The number of benzene rings is 1. The number of carbonyl (C=O) groups is 1. The van der Waals surface area contributed by atoms with E-state index in [1.807, 2.05) is 37.4 Å². The average Bonchev–Trinajstić information content (AvgIpc) is 2.51. The van der Waals surface area contributed by atoms with Crippen molar-refractivity contribution in [3.05, 3.63) is 35.9 Å². The van der Waals surface area contributed by atoms with Gasteiger partial charge in [0.05, 0.1) is 0 Å². The summed E-state index contributed by atoms with van der Waals surface area (Å²) in [5.74, 6) is 1.62. The normalized spacial score (nSPS) is 36.3. The molecule has 2 N–H and O–H groups in total. The van der Waals surface area contributed by atoms with Crippen molar-refractivity contribution in [1.82, 2.24) is 10.4 Å². The lowest BCUT2D eigenvalue weighted by molar-refractivity contribution is -0.163. The van der Waals surface area contributed by atoms with E-state index in [1.165, 1.54) is 19.3 Å². The zero-order valence-electron chi connectivity index (χ0n) is 13.7. The van der Waals surface area contributed by atoms with Crippen molar-refractivity contribution in [2.24, 2.45) is 17.8 Å². The van der Waals surface area contributed by atoms with Gasteiger partial charge in [-0.25, -0.2) is 5.01 Å². The fourth-order valence-electron chi connectivity index (χ4n) is 6.04. The SMILES string of the molecule is CNN(C(C(=O)O)c1ccccc1)C12CC3CC(CC(C3)C1)C2. The highest BCUT2D eigenvalue weighted by atomic mass is 16.4. The zero-order chi connectivity index (χ0) is 16.0. The maximum atomic E-state index is 12.1. The second-order valence-corrected chi connectivity index (χ2v) is 7.89. The molecule has 0 aromatic heterocycles. The number of hydrazine groups is 1. The molecule has 0 saturated heterocycles. The molecule has 0 spiro atoms. The van der Waals surface area contributed by atoms with Crippen LogP contribution in [0.2, 0.25) is 0 Å². The van der Waals surface area contributed by atoms with Crippen LogP contribution in [0.25, 0.3) is 0 Å². The van der Waals surface area contributed by atoms with Crippen molar-refractivity contribution in [1.29, 1.82) is 0 Å². The van der Waals surface area contributed by atoms with Crippen molar-refractivity contribution in [3.8, 4) is 0 Å². The summed E-state index contributed by atoms with van der Waals surface area (Å²) in [5, 5.41) is 12.0. The Bertz CT molecular complexity index is 551. The van der Waals surface area contributed by atoms with Gasteiger partial charge in [0.25, 0.3) is 0 Å². The molecule has 23 heavy (non-hydrogen) atoms. The Morgan fingerprint density at radius 2 is 1.65 bits per heavy atom. The van der Waals surface area contributed by atoms with Crippen LogP contribution in [0.3, 0.4) is 0 Å². The molecular weight excluding hydrogens is 288 g/mol. The zero-order valence-corrected chi connectivity index (χ0v) is 13.7. The minimum atomic E-state index is -0.763. The van der Waals surface area contributed by atoms with Crippen molar-refractivity contribution in [3.63, 3.8) is 0 Å². The number of hydrogen-bond acceptors (Lipinski definition) is 3. The Balaban J connectivity index is 1.71. The second kappa shape index (κ2) is 5.60. The van der Waals surface area contributed by atoms with Crippen LogP contribution < -0.4 is 5.43 Å². The van der Waals surface area contributed by atoms with Crippen molar-refractivity contribution in [2.45, 2.75) is 50.1 Å². The highest BCUT2D eigenvalue weighted by Crippen LogP contribution is 2.58. The Labute approximate surface area is 137 Å². The first-order chi connectivity index (χ1) is 11.1. The first-order valence-electron chi connectivity index (χ1n) is 8.86. The van der Waals surface area contributed by atoms with Gasteiger partial charge in [-0.2, -0.15) is 0 Å². The number of rotatable bonds is 5. The maximum Gasteiger partial charge on any atom is 0.326 e. The van der Waals surface area contributed by atoms with E-state index >= 15 is 0 Å². The molecule has 0 heterocycles. The molecule has 5 rings (SSSR count). The van der Waals surface area contributed by atoms with Crippen LogP contribution in [0.15, 0.2) is 30.3 Å². The van der Waals surface area contributed by atoms with E-state index in [0.29, 0.717) is 0 Å². The summed E-state index contributed by atoms with van der Waals surface area (Å²) in [6.07, 6.45) is 7.53. The van der Waals surface area contributed by atoms with Gasteiger partial charge in [-0.15, -0.1) is 0 Å². The van der Waals surface area contributed by atoms with E-state index in [9.17, 15) is 9.90 Å². The van der Waals surface area contributed by atoms with E-state index in [-0.39, 0.29) is 5.54 Å². The van der Waals surface area contributed by atoms with Crippen LogP contribution >= 0.6 is 0 Å². The Morgan fingerprint density at radius 1 is 1.13 bits per heavy atom. The molecule has 124 valence electrons. The predicted molar refractivity (Wildman–Crippen MR) is 88.6 cm³/mol. The Hall–Kier alpha value is -1.39. The van der Waals surface area contributed by atoms with Crippen LogP contribution in [-0.2, 0) is 4.79 Å². The smallest absolute Gasteiger partial charge is 0.326 e. The number of carboxylic acid groups (broad SMARTS) is 1. The van der Waals surface area contributed by atoms with Crippen LogP contribution in [0, 0.1) is 17.8 Å². The Morgan fingerprint density at radius 3 is 2.09 bits per heavy atom. The molecule has 0 amide bonds. The molecule has 0 radical (unpaired) electrons. The maximum absolute atomic E-state index is 12.1. The van der Waals surface area contributed by atoms with Crippen LogP contribution in [0.5, 0.6) is 0 Å². The molecule has 4 nitrogen and oxygen atoms in total. The number of nitrogens with zero attached hydrogens (tertiary/aromatic N) is 1. The van der Waals surface area contributed by atoms with E-state index < -0.39 is 12.0 Å². The minimum Gasteiger partial charge on any atom is -0.480 e. The summed E-state index contributed by atoms with van der Waals surface area (Å²) in [6.45, 7) is 0. The van der Waals surface area contributed by atoms with Gasteiger partial charge in [-0.3, -0.25) is 10.2 Å². The highest BCUT2D eigenvalue weighted by molar-refractivity contribution is 5.75. The topological polar surface area (TPSA) is 52.6 Å². The quantitative estimate of drug-likeness (QED) is 0.819. The van der Waals surface area contributed by atoms with Gasteiger partial charge in [0.1, 0.15) is 6.04 Å². The lowest BCUT2D eigenvalue weighted by Gasteiger charge is -2.61. The van der Waals surface area contributed by atoms with E-state index in [2.05, 4.69) is 10.4 Å². The number of aliphatic carboxylic acids is 1. The lowest BCUT2D eigenvalue weighted by atomic mass is 9.52. The fourth-order valence-corrected chi connectivity index (χ4v) is 6.04. The summed E-state index contributed by atoms with van der Waals surface area (Å²) in [7, 11) is 1.89. The molecule has 1 aromatic rings. The number of hydrogen-bond donors (Lipinski definition) is 2. The lowest BCUT2D eigenvalue weighted by Crippen LogP contribution is -2.64. The summed E-state index contributed by atoms with van der Waals surface area (Å²) in [4.78, 5) is 12.1. The third kappa shape index (κ3) is 2.48. The third-order valence-corrected chi connectivity index (χ3v) is 6.37. The predicted octanol–water partition coefficient (Wildman–Crippen LogP) is 3.22. The van der Waals surface area contributed by atoms with Crippen molar-refractivity contribution >= 4 is 5.97 Å². The summed E-state index contributed by atoms with van der Waals surface area (Å²) >= 11 is 0. The standard InChI is InChI=1S/C19H26N2O2/c1-20-21(17(18(22)23)16-5-3-2-4-6-16)19-10-13-7-14(11-19)9-15(8-13)12-19/h2-6,13-15,17,20H,7-12H2,1H3,(H,22,23). The molecule has 1 unspecified atom stereocenters. The molecule has 4 saturated carbocycles. The largest absolute Gasteiger partial charge is 0.480 e. The van der Waals surface area contributed by atoms with Gasteiger partial charge < -0.3 is 5.11 Å². The number of carboxylic acids is 1. The fraction of sp³-hybridized carbons (Fsp3) is 0.632.